The maximum Gasteiger partial charge on any atom is 0.271 e. The number of hydrogen-bond acceptors (Lipinski definition) is 5. The van der Waals surface area contributed by atoms with Crippen LogP contribution in [0.4, 0.5) is 11.4 Å². The van der Waals surface area contributed by atoms with Gasteiger partial charge >= 0.3 is 0 Å². The van der Waals surface area contributed by atoms with Crippen LogP contribution in [0.25, 0.3) is 0 Å². The number of nitro groups is 1. The SMILES string of the molecule is CC(N/C=C(/C#N)C(=O)Nc1cc([N+](=O)[O-])ccc1Cl)c1ccc2c(c1)CCCC2. The van der Waals surface area contributed by atoms with Gasteiger partial charge in [0.05, 0.1) is 15.6 Å². The lowest BCUT2D eigenvalue weighted by molar-refractivity contribution is -0.384. The van der Waals surface area contributed by atoms with Crippen LogP contribution in [0.15, 0.2) is 48.2 Å². The molecule has 8 heteroatoms. The van der Waals surface area contributed by atoms with Crippen molar-refractivity contribution in [3.05, 3.63) is 80.0 Å². The van der Waals surface area contributed by atoms with Crippen molar-refractivity contribution in [3.63, 3.8) is 0 Å². The first kappa shape index (κ1) is 21.3. The standard InChI is InChI=1S/C22H21ClN4O3/c1-14(16-7-6-15-4-2-3-5-17(15)10-16)25-13-18(12-24)22(28)26-21-11-19(27(29)30)8-9-20(21)23/h6-11,13-14,25H,2-5H2,1H3,(H,26,28)/b18-13-. The Morgan fingerprint density at radius 3 is 2.67 bits per heavy atom. The molecule has 1 aliphatic carbocycles. The van der Waals surface area contributed by atoms with Crippen molar-refractivity contribution < 1.29 is 9.72 Å². The number of hydrogen-bond donors (Lipinski definition) is 2. The fourth-order valence-corrected chi connectivity index (χ4v) is 3.55. The number of nitro benzene ring substituents is 1. The van der Waals surface area contributed by atoms with E-state index in [9.17, 15) is 20.2 Å². The maximum atomic E-state index is 12.4. The smallest absolute Gasteiger partial charge is 0.271 e. The Hall–Kier alpha value is -3.37. The minimum Gasteiger partial charge on any atom is -0.383 e. The van der Waals surface area contributed by atoms with Gasteiger partial charge in [-0.05, 0) is 55.4 Å². The molecule has 0 saturated carbocycles. The van der Waals surface area contributed by atoms with Crippen LogP contribution in [0.5, 0.6) is 0 Å². The summed E-state index contributed by atoms with van der Waals surface area (Å²) in [6, 6.07) is 11.8. The lowest BCUT2D eigenvalue weighted by Gasteiger charge is -2.19. The van der Waals surface area contributed by atoms with Crippen molar-refractivity contribution in [1.82, 2.24) is 5.32 Å². The van der Waals surface area contributed by atoms with Crippen LogP contribution < -0.4 is 10.6 Å². The van der Waals surface area contributed by atoms with Crippen LogP contribution in [0.1, 0.15) is 42.5 Å². The number of non-ortho nitro benzene ring substituents is 1. The summed E-state index contributed by atoms with van der Waals surface area (Å²) in [6.45, 7) is 1.95. The van der Waals surface area contributed by atoms with Gasteiger partial charge in [-0.1, -0.05) is 29.8 Å². The first-order valence-corrected chi connectivity index (χ1v) is 10.00. The van der Waals surface area contributed by atoms with E-state index in [1.54, 1.807) is 0 Å². The van der Waals surface area contributed by atoms with Crippen molar-refractivity contribution in [2.24, 2.45) is 0 Å². The van der Waals surface area contributed by atoms with Gasteiger partial charge in [0, 0.05) is 24.4 Å². The van der Waals surface area contributed by atoms with E-state index in [-0.39, 0.29) is 28.0 Å². The molecule has 2 aromatic carbocycles. The monoisotopic (exact) mass is 424 g/mol. The van der Waals surface area contributed by atoms with Gasteiger partial charge in [0.15, 0.2) is 0 Å². The highest BCUT2D eigenvalue weighted by Gasteiger charge is 2.16. The number of fused-ring (bicyclic) bond motifs is 1. The molecule has 0 spiro atoms. The predicted octanol–water partition coefficient (Wildman–Crippen LogP) is 4.82. The molecule has 30 heavy (non-hydrogen) atoms. The number of nitriles is 1. The van der Waals surface area contributed by atoms with Crippen molar-refractivity contribution in [3.8, 4) is 6.07 Å². The van der Waals surface area contributed by atoms with E-state index < -0.39 is 10.8 Å². The maximum absolute atomic E-state index is 12.4. The van der Waals surface area contributed by atoms with Crippen LogP contribution in [0.3, 0.4) is 0 Å². The third-order valence-corrected chi connectivity index (χ3v) is 5.45. The quantitative estimate of drug-likeness (QED) is 0.299. The Labute approximate surface area is 179 Å². The van der Waals surface area contributed by atoms with E-state index in [1.165, 1.54) is 42.3 Å². The number of anilines is 1. The third kappa shape index (κ3) is 4.97. The number of halogens is 1. The second-order valence-electron chi connectivity index (χ2n) is 7.17. The largest absolute Gasteiger partial charge is 0.383 e. The Morgan fingerprint density at radius 2 is 1.97 bits per heavy atom. The van der Waals surface area contributed by atoms with E-state index in [4.69, 9.17) is 11.6 Å². The van der Waals surface area contributed by atoms with Gasteiger partial charge in [0.2, 0.25) is 0 Å². The third-order valence-electron chi connectivity index (χ3n) is 5.12. The molecule has 0 aromatic heterocycles. The van der Waals surface area contributed by atoms with Crippen LogP contribution in [-0.2, 0) is 17.6 Å². The predicted molar refractivity (Wildman–Crippen MR) is 115 cm³/mol. The summed E-state index contributed by atoms with van der Waals surface area (Å²) >= 11 is 6.00. The van der Waals surface area contributed by atoms with Crippen molar-refractivity contribution in [1.29, 1.82) is 5.26 Å². The molecule has 7 nitrogen and oxygen atoms in total. The van der Waals surface area contributed by atoms with Crippen molar-refractivity contribution >= 4 is 28.9 Å². The molecule has 1 aliphatic rings. The average Bonchev–Trinajstić information content (AvgIpc) is 2.75. The number of nitrogens with one attached hydrogen (secondary N) is 2. The summed E-state index contributed by atoms with van der Waals surface area (Å²) in [5, 5.41) is 26.0. The second-order valence-corrected chi connectivity index (χ2v) is 7.58. The summed E-state index contributed by atoms with van der Waals surface area (Å²) < 4.78 is 0. The molecule has 0 bridgehead atoms. The van der Waals surface area contributed by atoms with Gasteiger partial charge in [0.1, 0.15) is 11.6 Å². The molecular weight excluding hydrogens is 404 g/mol. The van der Waals surface area contributed by atoms with Crippen LogP contribution >= 0.6 is 11.6 Å². The number of aryl methyl sites for hydroxylation is 2. The number of amides is 1. The van der Waals surface area contributed by atoms with Gasteiger partial charge in [0.25, 0.3) is 11.6 Å². The summed E-state index contributed by atoms with van der Waals surface area (Å²) in [7, 11) is 0. The Bertz CT molecular complexity index is 1060. The van der Waals surface area contributed by atoms with E-state index in [0.29, 0.717) is 0 Å². The molecule has 1 unspecified atom stereocenters. The topological polar surface area (TPSA) is 108 Å². The van der Waals surface area contributed by atoms with Gasteiger partial charge in [-0.15, -0.1) is 0 Å². The fraction of sp³-hybridized carbons (Fsp3) is 0.273. The molecule has 0 saturated heterocycles. The molecule has 3 rings (SSSR count). The van der Waals surface area contributed by atoms with E-state index in [0.717, 1.165) is 24.5 Å². The van der Waals surface area contributed by atoms with Crippen molar-refractivity contribution in [2.75, 3.05) is 5.32 Å². The molecule has 1 amide bonds. The average molecular weight is 425 g/mol. The second kappa shape index (κ2) is 9.42. The van der Waals surface area contributed by atoms with Crippen LogP contribution in [0.2, 0.25) is 5.02 Å². The fourth-order valence-electron chi connectivity index (χ4n) is 3.39. The van der Waals surface area contributed by atoms with Gasteiger partial charge < -0.3 is 10.6 Å². The molecule has 1 atom stereocenters. The molecule has 0 heterocycles. The van der Waals surface area contributed by atoms with Gasteiger partial charge in [-0.2, -0.15) is 5.26 Å². The zero-order valence-electron chi connectivity index (χ0n) is 16.4. The Balaban J connectivity index is 1.71. The molecular formula is C22H21ClN4O3. The first-order chi connectivity index (χ1) is 14.4. The van der Waals surface area contributed by atoms with E-state index in [1.807, 2.05) is 13.0 Å². The lowest BCUT2D eigenvalue weighted by atomic mass is 9.89. The van der Waals surface area contributed by atoms with E-state index in [2.05, 4.69) is 28.8 Å². The Kier molecular flexibility index (Phi) is 6.70. The minimum atomic E-state index is -0.704. The molecule has 0 fully saturated rings. The highest BCUT2D eigenvalue weighted by Crippen LogP contribution is 2.27. The summed E-state index contributed by atoms with van der Waals surface area (Å²) in [4.78, 5) is 22.8. The van der Waals surface area contributed by atoms with Crippen LogP contribution in [0, 0.1) is 21.4 Å². The van der Waals surface area contributed by atoms with Gasteiger partial charge in [-0.25, -0.2) is 0 Å². The number of rotatable bonds is 6. The molecule has 0 aliphatic heterocycles. The number of benzene rings is 2. The number of nitrogens with zero attached hydrogens (tertiary/aromatic N) is 2. The molecule has 2 N–H and O–H groups in total. The van der Waals surface area contributed by atoms with Gasteiger partial charge in [-0.3, -0.25) is 14.9 Å². The molecule has 0 radical (unpaired) electrons. The summed E-state index contributed by atoms with van der Waals surface area (Å²) in [6.07, 6.45) is 5.94. The zero-order chi connectivity index (χ0) is 21.7. The van der Waals surface area contributed by atoms with Crippen molar-refractivity contribution in [2.45, 2.75) is 38.6 Å². The minimum absolute atomic E-state index is 0.0692. The Morgan fingerprint density at radius 1 is 1.23 bits per heavy atom. The number of carbonyl (C=O) groups is 1. The lowest BCUT2D eigenvalue weighted by Crippen LogP contribution is -2.19. The highest BCUT2D eigenvalue weighted by molar-refractivity contribution is 6.34. The van der Waals surface area contributed by atoms with Crippen LogP contribution in [-0.4, -0.2) is 10.8 Å². The summed E-state index contributed by atoms with van der Waals surface area (Å²) in [5.41, 5.74) is 3.51. The normalized spacial score (nSPS) is 14.2. The molecule has 2 aromatic rings. The van der Waals surface area contributed by atoms with E-state index >= 15 is 0 Å². The highest BCUT2D eigenvalue weighted by atomic mass is 35.5. The molecule has 154 valence electrons. The zero-order valence-corrected chi connectivity index (χ0v) is 17.2. The number of carbonyl (C=O) groups excluding carboxylic acids is 1. The summed E-state index contributed by atoms with van der Waals surface area (Å²) in [5.74, 6) is -0.704. The first-order valence-electron chi connectivity index (χ1n) is 9.62.